The molecule has 1 unspecified atom stereocenters. The SMILES string of the molecule is CCNC(C(=O)O)N(CCN(CC(=O)O)CC(=O)O)CC(=O)O. The lowest BCUT2D eigenvalue weighted by Crippen LogP contribution is -2.54. The lowest BCUT2D eigenvalue weighted by molar-refractivity contribution is -0.149. The largest absolute Gasteiger partial charge is 0.480 e. The van der Waals surface area contributed by atoms with Gasteiger partial charge in [0.15, 0.2) is 6.17 Å². The van der Waals surface area contributed by atoms with Gasteiger partial charge in [-0.15, -0.1) is 0 Å². The van der Waals surface area contributed by atoms with Crippen LogP contribution in [0.3, 0.4) is 0 Å². The second-order valence-electron chi connectivity index (χ2n) is 4.66. The fourth-order valence-electron chi connectivity index (χ4n) is 1.91. The molecular weight excluding hydrogens is 314 g/mol. The molecule has 0 rings (SSSR count). The van der Waals surface area contributed by atoms with Crippen LogP contribution in [0.25, 0.3) is 0 Å². The van der Waals surface area contributed by atoms with Crippen LogP contribution in [0.1, 0.15) is 6.92 Å². The Morgan fingerprint density at radius 2 is 1.35 bits per heavy atom. The van der Waals surface area contributed by atoms with Crippen molar-refractivity contribution in [2.24, 2.45) is 0 Å². The quantitative estimate of drug-likeness (QED) is 0.233. The highest BCUT2D eigenvalue weighted by molar-refractivity contribution is 5.75. The van der Waals surface area contributed by atoms with Crippen LogP contribution in [-0.4, -0.2) is 99.5 Å². The minimum absolute atomic E-state index is 0.110. The Balaban J connectivity index is 4.96. The number of hydrogen-bond acceptors (Lipinski definition) is 7. The van der Waals surface area contributed by atoms with E-state index in [1.54, 1.807) is 6.92 Å². The molecule has 0 saturated carbocycles. The molecule has 0 saturated heterocycles. The highest BCUT2D eigenvalue weighted by Crippen LogP contribution is 2.00. The first-order valence-corrected chi connectivity index (χ1v) is 6.75. The zero-order valence-electron chi connectivity index (χ0n) is 12.6. The van der Waals surface area contributed by atoms with E-state index in [9.17, 15) is 19.2 Å². The van der Waals surface area contributed by atoms with E-state index in [0.29, 0.717) is 0 Å². The van der Waals surface area contributed by atoms with Crippen LogP contribution in [0.4, 0.5) is 0 Å². The first-order valence-electron chi connectivity index (χ1n) is 6.75. The number of aliphatic carboxylic acids is 4. The van der Waals surface area contributed by atoms with Crippen LogP contribution in [0.2, 0.25) is 0 Å². The van der Waals surface area contributed by atoms with E-state index in [2.05, 4.69) is 5.32 Å². The van der Waals surface area contributed by atoms with E-state index in [-0.39, 0.29) is 19.6 Å². The Morgan fingerprint density at radius 1 is 0.870 bits per heavy atom. The summed E-state index contributed by atoms with van der Waals surface area (Å²) in [5, 5.41) is 38.1. The molecule has 0 aromatic heterocycles. The molecule has 0 aliphatic rings. The van der Waals surface area contributed by atoms with Crippen LogP contribution in [0, 0.1) is 0 Å². The lowest BCUT2D eigenvalue weighted by Gasteiger charge is -2.29. The van der Waals surface area contributed by atoms with Gasteiger partial charge in [-0.3, -0.25) is 29.5 Å². The summed E-state index contributed by atoms with van der Waals surface area (Å²) in [5.74, 6) is -5.01. The Bertz CT molecular complexity index is 426. The maximum Gasteiger partial charge on any atom is 0.335 e. The number of rotatable bonds is 13. The van der Waals surface area contributed by atoms with Gasteiger partial charge in [0.25, 0.3) is 0 Å². The fourth-order valence-corrected chi connectivity index (χ4v) is 1.91. The minimum atomic E-state index is -1.28. The molecule has 5 N–H and O–H groups in total. The van der Waals surface area contributed by atoms with E-state index in [4.69, 9.17) is 20.4 Å². The van der Waals surface area contributed by atoms with Gasteiger partial charge in [-0.25, -0.2) is 4.79 Å². The molecule has 0 bridgehead atoms. The number of carboxylic acid groups (broad SMARTS) is 4. The van der Waals surface area contributed by atoms with Crippen molar-refractivity contribution in [3.05, 3.63) is 0 Å². The molecule has 0 spiro atoms. The summed E-state index contributed by atoms with van der Waals surface area (Å²) in [6.45, 7) is 0.00520. The molecule has 0 amide bonds. The summed E-state index contributed by atoms with van der Waals surface area (Å²) in [6, 6.07) is 0. The number of carboxylic acids is 4. The maximum atomic E-state index is 11.2. The Hall–Kier alpha value is -2.24. The second kappa shape index (κ2) is 10.5. The Labute approximate surface area is 132 Å². The maximum absolute atomic E-state index is 11.2. The number of carbonyl (C=O) groups is 4. The summed E-state index contributed by atoms with van der Waals surface area (Å²) >= 11 is 0. The van der Waals surface area contributed by atoms with Crippen LogP contribution in [0.5, 0.6) is 0 Å². The molecule has 0 radical (unpaired) electrons. The van der Waals surface area contributed by atoms with Gasteiger partial charge in [-0.2, -0.15) is 0 Å². The molecule has 0 heterocycles. The van der Waals surface area contributed by atoms with Gasteiger partial charge in [-0.05, 0) is 6.54 Å². The molecule has 0 aromatic carbocycles. The molecule has 0 fully saturated rings. The second-order valence-corrected chi connectivity index (χ2v) is 4.66. The highest BCUT2D eigenvalue weighted by atomic mass is 16.4. The zero-order valence-corrected chi connectivity index (χ0v) is 12.6. The molecule has 11 heteroatoms. The Kier molecular flexibility index (Phi) is 9.46. The lowest BCUT2D eigenvalue weighted by atomic mass is 10.3. The predicted octanol–water partition coefficient (Wildman–Crippen LogP) is -2.14. The van der Waals surface area contributed by atoms with Crippen LogP contribution < -0.4 is 5.32 Å². The van der Waals surface area contributed by atoms with Gasteiger partial charge < -0.3 is 20.4 Å². The van der Waals surface area contributed by atoms with Crippen molar-refractivity contribution in [1.82, 2.24) is 15.1 Å². The summed E-state index contributed by atoms with van der Waals surface area (Å²) in [6.07, 6.45) is -1.27. The third-order valence-electron chi connectivity index (χ3n) is 2.76. The molecule has 1 atom stereocenters. The molecule has 0 aliphatic carbocycles. The predicted molar refractivity (Wildman–Crippen MR) is 76.0 cm³/mol. The molecule has 23 heavy (non-hydrogen) atoms. The number of hydrogen-bond donors (Lipinski definition) is 5. The van der Waals surface area contributed by atoms with Crippen molar-refractivity contribution in [3.8, 4) is 0 Å². The fraction of sp³-hybridized carbons (Fsp3) is 0.667. The van der Waals surface area contributed by atoms with Crippen molar-refractivity contribution in [2.45, 2.75) is 13.1 Å². The van der Waals surface area contributed by atoms with Crippen molar-refractivity contribution >= 4 is 23.9 Å². The first kappa shape index (κ1) is 20.8. The molecule has 11 nitrogen and oxygen atoms in total. The molecule has 132 valence electrons. The normalized spacial score (nSPS) is 12.3. The number of likely N-dealkylation sites (N-methyl/N-ethyl adjacent to an activating group) is 1. The van der Waals surface area contributed by atoms with Gasteiger partial charge >= 0.3 is 23.9 Å². The third kappa shape index (κ3) is 9.39. The van der Waals surface area contributed by atoms with Crippen LogP contribution in [0.15, 0.2) is 0 Å². The summed E-state index contributed by atoms with van der Waals surface area (Å²) in [4.78, 5) is 45.7. The van der Waals surface area contributed by atoms with Gasteiger partial charge in [0, 0.05) is 13.1 Å². The average molecular weight is 335 g/mol. The molecular formula is C12H21N3O8. The van der Waals surface area contributed by atoms with E-state index in [0.717, 1.165) is 9.80 Å². The average Bonchev–Trinajstić information content (AvgIpc) is 2.38. The number of nitrogens with zero attached hydrogens (tertiary/aromatic N) is 2. The van der Waals surface area contributed by atoms with Crippen molar-refractivity contribution < 1.29 is 39.6 Å². The highest BCUT2D eigenvalue weighted by Gasteiger charge is 2.27. The topological polar surface area (TPSA) is 168 Å². The van der Waals surface area contributed by atoms with E-state index < -0.39 is 49.7 Å². The smallest absolute Gasteiger partial charge is 0.335 e. The van der Waals surface area contributed by atoms with Gasteiger partial charge in [0.1, 0.15) is 0 Å². The van der Waals surface area contributed by atoms with Crippen molar-refractivity contribution in [1.29, 1.82) is 0 Å². The van der Waals surface area contributed by atoms with Gasteiger partial charge in [0.05, 0.1) is 19.6 Å². The van der Waals surface area contributed by atoms with E-state index in [1.807, 2.05) is 0 Å². The van der Waals surface area contributed by atoms with Gasteiger partial charge in [-0.1, -0.05) is 6.92 Å². The van der Waals surface area contributed by atoms with E-state index in [1.165, 1.54) is 0 Å². The number of nitrogens with one attached hydrogen (secondary N) is 1. The van der Waals surface area contributed by atoms with Crippen molar-refractivity contribution in [3.63, 3.8) is 0 Å². The third-order valence-corrected chi connectivity index (χ3v) is 2.76. The Morgan fingerprint density at radius 3 is 1.70 bits per heavy atom. The van der Waals surface area contributed by atoms with Crippen LogP contribution >= 0.6 is 0 Å². The zero-order chi connectivity index (χ0) is 18.0. The standard InChI is InChI=1S/C12H21N3O8/c1-2-13-11(12(22)23)15(7-10(20)21)4-3-14(5-8(16)17)6-9(18)19/h11,13H,2-7H2,1H3,(H,16,17)(H,18,19)(H,20,21)(H,22,23). The monoisotopic (exact) mass is 335 g/mol. The summed E-state index contributed by atoms with van der Waals surface area (Å²) < 4.78 is 0. The minimum Gasteiger partial charge on any atom is -0.480 e. The summed E-state index contributed by atoms with van der Waals surface area (Å²) in [7, 11) is 0. The van der Waals surface area contributed by atoms with Crippen LogP contribution in [-0.2, 0) is 19.2 Å². The van der Waals surface area contributed by atoms with E-state index >= 15 is 0 Å². The summed E-state index contributed by atoms with van der Waals surface area (Å²) in [5.41, 5.74) is 0. The van der Waals surface area contributed by atoms with Crippen molar-refractivity contribution in [2.75, 3.05) is 39.3 Å². The first-order chi connectivity index (χ1) is 10.7. The molecule has 0 aromatic rings. The molecule has 0 aliphatic heterocycles. The van der Waals surface area contributed by atoms with Gasteiger partial charge in [0.2, 0.25) is 0 Å².